The highest BCUT2D eigenvalue weighted by molar-refractivity contribution is 7.90. The lowest BCUT2D eigenvalue weighted by Crippen LogP contribution is -2.30. The maximum absolute atomic E-state index is 12.8. The molecule has 168 valence electrons. The standard InChI is InChI=1S/C23H18ClN3O5S/c1-16-2-13-21(14-3-16)33(31,32)26-22(15-6-17-4-9-19(24)10-5-17)25-23(28)18-7-11-20(12-8-18)27(29)30/h2-15H,1H3,(H,25,26,28)/b15-6+. The van der Waals surface area contributed by atoms with Crippen LogP contribution in [-0.2, 0) is 10.0 Å². The topological polar surface area (TPSA) is 119 Å². The Balaban J connectivity index is 1.94. The van der Waals surface area contributed by atoms with E-state index in [0.29, 0.717) is 10.6 Å². The average molecular weight is 484 g/mol. The van der Waals surface area contributed by atoms with Gasteiger partial charge < -0.3 is 5.32 Å². The number of halogens is 1. The fourth-order valence-electron chi connectivity index (χ4n) is 2.66. The molecular formula is C23H18ClN3O5S. The van der Waals surface area contributed by atoms with Gasteiger partial charge in [-0.3, -0.25) is 14.9 Å². The van der Waals surface area contributed by atoms with E-state index in [-0.39, 0.29) is 22.0 Å². The number of hydrogen-bond acceptors (Lipinski definition) is 5. The molecule has 0 saturated carbocycles. The molecule has 0 aliphatic rings. The lowest BCUT2D eigenvalue weighted by molar-refractivity contribution is -0.384. The van der Waals surface area contributed by atoms with Gasteiger partial charge in [-0.15, -0.1) is 4.40 Å². The predicted octanol–water partition coefficient (Wildman–Crippen LogP) is 4.79. The second-order valence-electron chi connectivity index (χ2n) is 6.91. The van der Waals surface area contributed by atoms with Gasteiger partial charge in [0.05, 0.1) is 9.82 Å². The zero-order valence-corrected chi connectivity index (χ0v) is 18.9. The molecular weight excluding hydrogens is 466 g/mol. The van der Waals surface area contributed by atoms with E-state index in [1.807, 2.05) is 6.92 Å². The van der Waals surface area contributed by atoms with Crippen LogP contribution >= 0.6 is 11.6 Å². The first kappa shape index (κ1) is 23.8. The van der Waals surface area contributed by atoms with Crippen molar-refractivity contribution >= 4 is 45.1 Å². The molecule has 1 amide bonds. The second-order valence-corrected chi connectivity index (χ2v) is 8.95. The molecule has 3 aromatic carbocycles. The second kappa shape index (κ2) is 10.2. The molecule has 10 heteroatoms. The number of amides is 1. The van der Waals surface area contributed by atoms with Crippen molar-refractivity contribution in [2.75, 3.05) is 0 Å². The molecule has 0 aliphatic carbocycles. The minimum Gasteiger partial charge on any atom is -0.306 e. The Morgan fingerprint density at radius 3 is 2.18 bits per heavy atom. The normalized spacial score (nSPS) is 12.0. The third kappa shape index (κ3) is 6.58. The molecule has 0 saturated heterocycles. The first-order valence-electron chi connectivity index (χ1n) is 9.55. The molecule has 0 heterocycles. The van der Waals surface area contributed by atoms with E-state index < -0.39 is 20.9 Å². The van der Waals surface area contributed by atoms with E-state index in [0.717, 1.165) is 5.56 Å². The Morgan fingerprint density at radius 1 is 1.00 bits per heavy atom. The molecule has 8 nitrogen and oxygen atoms in total. The third-order valence-electron chi connectivity index (χ3n) is 4.42. The third-order valence-corrected chi connectivity index (χ3v) is 5.98. The van der Waals surface area contributed by atoms with Crippen molar-refractivity contribution < 1.29 is 18.1 Å². The highest BCUT2D eigenvalue weighted by Gasteiger charge is 2.16. The molecule has 0 radical (unpaired) electrons. The largest absolute Gasteiger partial charge is 0.306 e. The van der Waals surface area contributed by atoms with Crippen LogP contribution in [0.1, 0.15) is 21.5 Å². The number of nitro groups is 1. The SMILES string of the molecule is Cc1ccc(S(=O)(=O)/N=C(\C=C\c2ccc(Cl)cc2)NC(=O)c2ccc([N+](=O)[O-])cc2)cc1. The lowest BCUT2D eigenvalue weighted by Gasteiger charge is -2.07. The minimum absolute atomic E-state index is 0.0323. The lowest BCUT2D eigenvalue weighted by atomic mass is 10.2. The van der Waals surface area contributed by atoms with Crippen LogP contribution in [0, 0.1) is 17.0 Å². The number of non-ortho nitro benzene ring substituents is 1. The Morgan fingerprint density at radius 2 is 1.61 bits per heavy atom. The van der Waals surface area contributed by atoms with Crippen molar-refractivity contribution in [3.8, 4) is 0 Å². The summed E-state index contributed by atoms with van der Waals surface area (Å²) < 4.78 is 29.4. The van der Waals surface area contributed by atoms with E-state index in [4.69, 9.17) is 11.6 Å². The number of nitrogens with one attached hydrogen (secondary N) is 1. The summed E-state index contributed by atoms with van der Waals surface area (Å²) in [5, 5.41) is 13.8. The van der Waals surface area contributed by atoms with Crippen LogP contribution in [0.4, 0.5) is 5.69 Å². The number of carbonyl (C=O) groups is 1. The number of nitrogens with zero attached hydrogens (tertiary/aromatic N) is 2. The molecule has 1 N–H and O–H groups in total. The number of rotatable bonds is 6. The molecule has 3 rings (SSSR count). The predicted molar refractivity (Wildman–Crippen MR) is 127 cm³/mol. The van der Waals surface area contributed by atoms with Gasteiger partial charge in [-0.05, 0) is 55.0 Å². The molecule has 0 spiro atoms. The summed E-state index contributed by atoms with van der Waals surface area (Å²) in [5.74, 6) is -0.905. The minimum atomic E-state index is -4.12. The molecule has 3 aromatic rings. The number of carbonyl (C=O) groups excluding carboxylic acids is 1. The molecule has 0 atom stereocenters. The van der Waals surface area contributed by atoms with E-state index in [1.54, 1.807) is 42.5 Å². The van der Waals surface area contributed by atoms with E-state index in [2.05, 4.69) is 9.71 Å². The summed E-state index contributed by atoms with van der Waals surface area (Å²) in [6.07, 6.45) is 2.91. The molecule has 0 fully saturated rings. The van der Waals surface area contributed by atoms with Crippen molar-refractivity contribution in [2.45, 2.75) is 11.8 Å². The zero-order valence-electron chi connectivity index (χ0n) is 17.3. The summed E-state index contributed by atoms with van der Waals surface area (Å²) in [7, 11) is -4.12. The maximum atomic E-state index is 12.8. The number of sulfonamides is 1. The molecule has 0 unspecified atom stereocenters. The summed E-state index contributed by atoms with van der Waals surface area (Å²) >= 11 is 5.88. The van der Waals surface area contributed by atoms with Gasteiger partial charge in [0.15, 0.2) is 0 Å². The quantitative estimate of drug-likeness (QED) is 0.234. The van der Waals surface area contributed by atoms with Gasteiger partial charge >= 0.3 is 0 Å². The Labute approximate surface area is 195 Å². The molecule has 0 bridgehead atoms. The summed E-state index contributed by atoms with van der Waals surface area (Å²) in [5.41, 5.74) is 1.50. The highest BCUT2D eigenvalue weighted by Crippen LogP contribution is 2.15. The van der Waals surface area contributed by atoms with E-state index in [9.17, 15) is 23.3 Å². The Kier molecular flexibility index (Phi) is 7.37. The first-order valence-corrected chi connectivity index (χ1v) is 11.4. The maximum Gasteiger partial charge on any atom is 0.284 e. The fourth-order valence-corrected chi connectivity index (χ4v) is 3.74. The number of nitro benzene ring substituents is 1. The van der Waals surface area contributed by atoms with Crippen LogP contribution in [0.15, 0.2) is 88.2 Å². The van der Waals surface area contributed by atoms with Crippen LogP contribution in [-0.4, -0.2) is 25.1 Å². The first-order chi connectivity index (χ1) is 15.6. The van der Waals surface area contributed by atoms with Crippen LogP contribution in [0.5, 0.6) is 0 Å². The van der Waals surface area contributed by atoms with Crippen LogP contribution in [0.25, 0.3) is 6.08 Å². The van der Waals surface area contributed by atoms with Crippen molar-refractivity contribution in [3.63, 3.8) is 0 Å². The summed E-state index contributed by atoms with van der Waals surface area (Å²) in [4.78, 5) is 22.8. The van der Waals surface area contributed by atoms with Gasteiger partial charge in [0.1, 0.15) is 5.84 Å². The van der Waals surface area contributed by atoms with Gasteiger partial charge in [-0.2, -0.15) is 8.42 Å². The molecule has 33 heavy (non-hydrogen) atoms. The van der Waals surface area contributed by atoms with Gasteiger partial charge in [-0.1, -0.05) is 47.5 Å². The zero-order chi connectivity index (χ0) is 24.0. The Hall–Kier alpha value is -3.82. The smallest absolute Gasteiger partial charge is 0.284 e. The van der Waals surface area contributed by atoms with Crippen molar-refractivity contribution in [1.29, 1.82) is 0 Å². The number of hydrogen-bond donors (Lipinski definition) is 1. The van der Waals surface area contributed by atoms with E-state index in [1.165, 1.54) is 42.5 Å². The van der Waals surface area contributed by atoms with Crippen molar-refractivity contribution in [1.82, 2.24) is 5.32 Å². The fraction of sp³-hybridized carbons (Fsp3) is 0.0435. The summed E-state index contributed by atoms with van der Waals surface area (Å²) in [6, 6.07) is 17.8. The monoisotopic (exact) mass is 483 g/mol. The van der Waals surface area contributed by atoms with Crippen molar-refractivity contribution in [2.24, 2.45) is 4.40 Å². The summed E-state index contributed by atoms with van der Waals surface area (Å²) in [6.45, 7) is 1.82. The number of amidine groups is 1. The number of aryl methyl sites for hydroxylation is 1. The van der Waals surface area contributed by atoms with Crippen LogP contribution in [0.2, 0.25) is 5.02 Å². The molecule has 0 aromatic heterocycles. The highest BCUT2D eigenvalue weighted by atomic mass is 35.5. The van der Waals surface area contributed by atoms with E-state index >= 15 is 0 Å². The molecule has 0 aliphatic heterocycles. The van der Waals surface area contributed by atoms with Crippen molar-refractivity contribution in [3.05, 3.63) is 111 Å². The van der Waals surface area contributed by atoms with Gasteiger partial charge in [0.2, 0.25) is 0 Å². The van der Waals surface area contributed by atoms with Gasteiger partial charge in [-0.25, -0.2) is 0 Å². The van der Waals surface area contributed by atoms with Crippen LogP contribution < -0.4 is 5.32 Å². The van der Waals surface area contributed by atoms with Gasteiger partial charge in [0.25, 0.3) is 21.6 Å². The average Bonchev–Trinajstić information content (AvgIpc) is 2.78. The Bertz CT molecular complexity index is 1330. The van der Waals surface area contributed by atoms with Gasteiger partial charge in [0, 0.05) is 22.7 Å². The number of benzene rings is 3. The van der Waals surface area contributed by atoms with Crippen LogP contribution in [0.3, 0.4) is 0 Å².